The molecule has 36 heavy (non-hydrogen) atoms. The summed E-state index contributed by atoms with van der Waals surface area (Å²) in [5.41, 5.74) is 7.25. The molecule has 0 spiro atoms. The summed E-state index contributed by atoms with van der Waals surface area (Å²) in [7, 11) is -3.21. The number of nitrogens with zero attached hydrogens (tertiary/aromatic N) is 5. The first-order valence-electron chi connectivity index (χ1n) is 12.2. The highest BCUT2D eigenvalue weighted by Crippen LogP contribution is 2.33. The quantitative estimate of drug-likeness (QED) is 0.508. The highest BCUT2D eigenvalue weighted by molar-refractivity contribution is 7.90. The van der Waals surface area contributed by atoms with Crippen LogP contribution in [-0.4, -0.2) is 60.2 Å². The molecule has 5 rings (SSSR count). The number of likely N-dealkylation sites (tertiary alicyclic amines) is 1. The number of benzene rings is 1. The zero-order valence-corrected chi connectivity index (χ0v) is 21.0. The van der Waals surface area contributed by atoms with E-state index in [2.05, 4.69) is 24.9 Å². The molecule has 0 saturated carbocycles. The lowest BCUT2D eigenvalue weighted by Gasteiger charge is -2.31. The van der Waals surface area contributed by atoms with Crippen molar-refractivity contribution in [2.45, 2.75) is 43.2 Å². The minimum absolute atomic E-state index is 0.0135. The fraction of sp³-hybridized carbons (Fsp3) is 0.440. The third kappa shape index (κ3) is 5.26. The summed E-state index contributed by atoms with van der Waals surface area (Å²) in [6.45, 7) is 3.08. The maximum atomic E-state index is 11.7. The molecule has 0 unspecified atom stereocenters. The molecule has 1 atom stereocenters. The average molecular weight is 511 g/mol. The largest absolute Gasteiger partial charge is 0.369 e. The third-order valence-electron chi connectivity index (χ3n) is 7.06. The average Bonchev–Trinajstić information content (AvgIpc) is 3.54. The summed E-state index contributed by atoms with van der Waals surface area (Å²) in [6, 6.07) is 10.9. The predicted molar refractivity (Wildman–Crippen MR) is 134 cm³/mol. The summed E-state index contributed by atoms with van der Waals surface area (Å²) in [6.07, 6.45) is 6.39. The lowest BCUT2D eigenvalue weighted by Crippen LogP contribution is -2.38. The van der Waals surface area contributed by atoms with E-state index in [1.165, 1.54) is 6.26 Å². The number of hydrogen-bond acceptors (Lipinski definition) is 9. The van der Waals surface area contributed by atoms with Crippen molar-refractivity contribution in [1.29, 1.82) is 0 Å². The molecule has 2 saturated heterocycles. The Morgan fingerprint density at radius 3 is 2.47 bits per heavy atom. The first-order chi connectivity index (χ1) is 17.3. The van der Waals surface area contributed by atoms with Crippen molar-refractivity contribution < 1.29 is 17.7 Å². The summed E-state index contributed by atoms with van der Waals surface area (Å²) in [4.78, 5) is 25.4. The number of aromatic nitrogens is 3. The Bertz CT molecular complexity index is 1320. The fourth-order valence-electron chi connectivity index (χ4n) is 4.96. The van der Waals surface area contributed by atoms with Crippen molar-refractivity contribution in [1.82, 2.24) is 20.0 Å². The van der Waals surface area contributed by atoms with Gasteiger partial charge in [-0.15, -0.1) is 0 Å². The van der Waals surface area contributed by atoms with Gasteiger partial charge in [0, 0.05) is 43.6 Å². The summed E-state index contributed by atoms with van der Waals surface area (Å²) < 4.78 is 29.1. The van der Waals surface area contributed by atoms with Crippen LogP contribution in [0.3, 0.4) is 0 Å². The van der Waals surface area contributed by atoms with Gasteiger partial charge in [0.2, 0.25) is 17.6 Å². The maximum absolute atomic E-state index is 11.7. The molecule has 1 amide bonds. The molecule has 2 aromatic heterocycles. The van der Waals surface area contributed by atoms with E-state index < -0.39 is 9.84 Å². The molecule has 2 N–H and O–H groups in total. The van der Waals surface area contributed by atoms with Crippen LogP contribution in [0.5, 0.6) is 0 Å². The predicted octanol–water partition coefficient (Wildman–Crippen LogP) is 2.57. The van der Waals surface area contributed by atoms with Gasteiger partial charge in [-0.3, -0.25) is 9.69 Å². The molecule has 0 radical (unpaired) electrons. The number of carbonyl (C=O) groups excluding carboxylic acids is 1. The normalized spacial score (nSPS) is 19.6. The van der Waals surface area contributed by atoms with Crippen LogP contribution in [-0.2, 0) is 21.2 Å². The second kappa shape index (κ2) is 9.98. The number of amides is 1. The second-order valence-corrected chi connectivity index (χ2v) is 11.6. The highest BCUT2D eigenvalue weighted by Gasteiger charge is 2.31. The van der Waals surface area contributed by atoms with Gasteiger partial charge >= 0.3 is 0 Å². The zero-order chi connectivity index (χ0) is 25.3. The van der Waals surface area contributed by atoms with Crippen LogP contribution in [0.2, 0.25) is 0 Å². The molecule has 2 aliphatic heterocycles. The standard InChI is InChI=1S/C25H30N6O4S/c1-36(33,34)20-7-4-17(5-8-20)16-31-12-2-3-21(31)25-28-24(29-35-25)19-6-9-22(27-15-19)30-13-10-18(11-14-30)23(26)32/h4-9,15,18,21H,2-3,10-14,16H2,1H3,(H2,26,32)/t21-/m0/s1. The van der Waals surface area contributed by atoms with Crippen molar-refractivity contribution in [3.8, 4) is 11.4 Å². The molecule has 2 fully saturated rings. The van der Waals surface area contributed by atoms with Crippen LogP contribution in [0.4, 0.5) is 5.82 Å². The van der Waals surface area contributed by atoms with Gasteiger partial charge in [-0.1, -0.05) is 17.3 Å². The van der Waals surface area contributed by atoms with E-state index in [0.29, 0.717) is 23.2 Å². The number of carbonyl (C=O) groups is 1. The van der Waals surface area contributed by atoms with Gasteiger partial charge in [-0.2, -0.15) is 4.98 Å². The number of hydrogen-bond donors (Lipinski definition) is 1. The van der Waals surface area contributed by atoms with E-state index in [4.69, 9.17) is 10.3 Å². The van der Waals surface area contributed by atoms with Crippen molar-refractivity contribution in [3.63, 3.8) is 0 Å². The van der Waals surface area contributed by atoms with Crippen molar-refractivity contribution in [2.75, 3.05) is 30.8 Å². The number of piperidine rings is 1. The topological polar surface area (TPSA) is 136 Å². The first-order valence-corrected chi connectivity index (χ1v) is 14.0. The lowest BCUT2D eigenvalue weighted by atomic mass is 9.96. The Hall–Kier alpha value is -3.31. The smallest absolute Gasteiger partial charge is 0.244 e. The first kappa shape index (κ1) is 24.4. The van der Waals surface area contributed by atoms with Crippen molar-refractivity contribution in [3.05, 3.63) is 54.0 Å². The van der Waals surface area contributed by atoms with Gasteiger partial charge in [0.25, 0.3) is 0 Å². The molecule has 11 heteroatoms. The highest BCUT2D eigenvalue weighted by atomic mass is 32.2. The molecule has 2 aliphatic rings. The molecule has 3 aromatic rings. The Morgan fingerprint density at radius 1 is 1.08 bits per heavy atom. The lowest BCUT2D eigenvalue weighted by molar-refractivity contribution is -0.122. The Balaban J connectivity index is 1.24. The van der Waals surface area contributed by atoms with E-state index in [0.717, 1.165) is 62.3 Å². The van der Waals surface area contributed by atoms with Crippen LogP contribution >= 0.6 is 0 Å². The molecule has 10 nitrogen and oxygen atoms in total. The molecule has 190 valence electrons. The number of pyridine rings is 1. The molecule has 0 aliphatic carbocycles. The number of sulfone groups is 1. The van der Waals surface area contributed by atoms with E-state index >= 15 is 0 Å². The number of rotatable bonds is 7. The number of primary amides is 1. The van der Waals surface area contributed by atoms with Gasteiger partial charge < -0.3 is 15.2 Å². The van der Waals surface area contributed by atoms with Gasteiger partial charge in [-0.05, 0) is 62.1 Å². The van der Waals surface area contributed by atoms with Gasteiger partial charge in [0.05, 0.1) is 10.9 Å². The Morgan fingerprint density at radius 2 is 1.83 bits per heavy atom. The van der Waals surface area contributed by atoms with Crippen molar-refractivity contribution >= 4 is 21.6 Å². The Labute approximate surface area is 210 Å². The molecule has 4 heterocycles. The molecule has 0 bridgehead atoms. The number of anilines is 1. The van der Waals surface area contributed by atoms with Gasteiger partial charge in [0.15, 0.2) is 9.84 Å². The van der Waals surface area contributed by atoms with Gasteiger partial charge in [0.1, 0.15) is 5.82 Å². The Kier molecular flexibility index (Phi) is 6.76. The minimum atomic E-state index is -3.21. The van der Waals surface area contributed by atoms with Crippen LogP contribution in [0.15, 0.2) is 52.0 Å². The second-order valence-electron chi connectivity index (χ2n) is 9.57. The summed E-state index contributed by atoms with van der Waals surface area (Å²) in [5, 5.41) is 4.20. The fourth-order valence-corrected chi connectivity index (χ4v) is 5.59. The molecule has 1 aromatic carbocycles. The zero-order valence-electron chi connectivity index (χ0n) is 20.2. The van der Waals surface area contributed by atoms with Crippen LogP contribution < -0.4 is 10.6 Å². The summed E-state index contributed by atoms with van der Waals surface area (Å²) >= 11 is 0. The molecular weight excluding hydrogens is 480 g/mol. The van der Waals surface area contributed by atoms with Crippen LogP contribution in [0, 0.1) is 5.92 Å². The van der Waals surface area contributed by atoms with E-state index in [1.807, 2.05) is 24.3 Å². The third-order valence-corrected chi connectivity index (χ3v) is 8.18. The summed E-state index contributed by atoms with van der Waals surface area (Å²) in [5.74, 6) is 1.65. The maximum Gasteiger partial charge on any atom is 0.244 e. The van der Waals surface area contributed by atoms with Crippen LogP contribution in [0.25, 0.3) is 11.4 Å². The molecular formula is C25H30N6O4S. The monoisotopic (exact) mass is 510 g/mol. The van der Waals surface area contributed by atoms with E-state index in [1.54, 1.807) is 18.3 Å². The van der Waals surface area contributed by atoms with E-state index in [-0.39, 0.29) is 17.9 Å². The van der Waals surface area contributed by atoms with E-state index in [9.17, 15) is 13.2 Å². The van der Waals surface area contributed by atoms with Crippen molar-refractivity contribution in [2.24, 2.45) is 11.7 Å². The van der Waals surface area contributed by atoms with Crippen LogP contribution in [0.1, 0.15) is 43.2 Å². The SMILES string of the molecule is CS(=O)(=O)c1ccc(CN2CCC[C@H]2c2nc(-c3ccc(N4CCC(C(N)=O)CC4)nc3)no2)cc1. The van der Waals surface area contributed by atoms with Gasteiger partial charge in [-0.25, -0.2) is 13.4 Å². The minimum Gasteiger partial charge on any atom is -0.369 e. The number of nitrogens with two attached hydrogens (primary N) is 1.